The van der Waals surface area contributed by atoms with E-state index in [0.29, 0.717) is 6.47 Å². The van der Waals surface area contributed by atoms with E-state index in [4.69, 9.17) is 4.74 Å². The molecule has 2 atom stereocenters. The summed E-state index contributed by atoms with van der Waals surface area (Å²) in [7, 11) is 0. The lowest BCUT2D eigenvalue weighted by atomic mass is 9.91. The summed E-state index contributed by atoms with van der Waals surface area (Å²) in [5.41, 5.74) is 2.02. The maximum Gasteiger partial charge on any atom is 0.293 e. The van der Waals surface area contributed by atoms with E-state index >= 15 is 0 Å². The zero-order valence-electron chi connectivity index (χ0n) is 9.54. The van der Waals surface area contributed by atoms with Gasteiger partial charge >= 0.3 is 0 Å². The van der Waals surface area contributed by atoms with Crippen molar-refractivity contribution in [2.45, 2.75) is 18.9 Å². The highest BCUT2D eigenvalue weighted by molar-refractivity contribution is 5.39. The van der Waals surface area contributed by atoms with E-state index < -0.39 is 0 Å². The van der Waals surface area contributed by atoms with Crippen molar-refractivity contribution in [2.24, 2.45) is 0 Å². The number of carbonyl (C=O) groups excluding carboxylic acids is 1. The van der Waals surface area contributed by atoms with E-state index in [2.05, 4.69) is 9.97 Å². The lowest BCUT2D eigenvalue weighted by molar-refractivity contribution is -0.133. The Morgan fingerprint density at radius 2 is 2.12 bits per heavy atom. The molecule has 1 aromatic carbocycles. The molecule has 0 fully saturated rings. The zero-order valence-corrected chi connectivity index (χ0v) is 9.54. The van der Waals surface area contributed by atoms with Gasteiger partial charge in [-0.05, 0) is 12.5 Å². The fourth-order valence-corrected chi connectivity index (χ4v) is 1.97. The normalized spacial score (nSPS) is 13.9. The number of rotatable bonds is 5. The van der Waals surface area contributed by atoms with E-state index in [1.165, 1.54) is 0 Å². The molecule has 4 heteroatoms. The number of nitrogens with zero attached hydrogens (tertiary/aromatic N) is 1. The maximum atomic E-state index is 10.5. The van der Waals surface area contributed by atoms with Crippen molar-refractivity contribution in [3.05, 3.63) is 54.1 Å². The Balaban J connectivity index is 2.34. The number of aromatic amines is 1. The van der Waals surface area contributed by atoms with Gasteiger partial charge in [-0.2, -0.15) is 0 Å². The van der Waals surface area contributed by atoms with Gasteiger partial charge in [-0.15, -0.1) is 0 Å². The molecular weight excluding hydrogens is 216 g/mol. The van der Waals surface area contributed by atoms with E-state index in [-0.39, 0.29) is 12.0 Å². The van der Waals surface area contributed by atoms with Crippen LogP contribution in [-0.2, 0) is 9.53 Å². The highest BCUT2D eigenvalue weighted by Gasteiger charge is 2.23. The smallest absolute Gasteiger partial charge is 0.293 e. The number of hydrogen-bond donors (Lipinski definition) is 1. The first-order chi connectivity index (χ1) is 8.33. The summed E-state index contributed by atoms with van der Waals surface area (Å²) in [6.45, 7) is 2.35. The first kappa shape index (κ1) is 11.4. The van der Waals surface area contributed by atoms with Gasteiger partial charge in [0.05, 0.1) is 12.2 Å². The van der Waals surface area contributed by atoms with Gasteiger partial charge in [0.25, 0.3) is 6.47 Å². The number of H-pyrrole nitrogens is 1. The van der Waals surface area contributed by atoms with Crippen molar-refractivity contribution < 1.29 is 9.53 Å². The van der Waals surface area contributed by atoms with Crippen LogP contribution in [0.4, 0.5) is 0 Å². The lowest BCUT2D eigenvalue weighted by Gasteiger charge is -2.21. The van der Waals surface area contributed by atoms with Crippen molar-refractivity contribution in [1.82, 2.24) is 9.97 Å². The third-order valence-electron chi connectivity index (χ3n) is 2.75. The maximum absolute atomic E-state index is 10.5. The van der Waals surface area contributed by atoms with E-state index in [0.717, 1.165) is 11.3 Å². The fourth-order valence-electron chi connectivity index (χ4n) is 1.97. The number of imidazole rings is 1. The van der Waals surface area contributed by atoms with Crippen molar-refractivity contribution in [3.63, 3.8) is 0 Å². The van der Waals surface area contributed by atoms with Gasteiger partial charge in [0, 0.05) is 11.9 Å². The van der Waals surface area contributed by atoms with Crippen molar-refractivity contribution in [3.8, 4) is 0 Å². The molecule has 0 aliphatic heterocycles. The van der Waals surface area contributed by atoms with Gasteiger partial charge in [-0.3, -0.25) is 4.79 Å². The Kier molecular flexibility index (Phi) is 3.55. The standard InChI is InChI=1S/C13H14N2O2/c1-10(17-9-16)13(12-7-14-8-15-12)11-5-3-2-4-6-11/h2-10,13H,1H3,(H,14,15). The molecule has 17 heavy (non-hydrogen) atoms. The van der Waals surface area contributed by atoms with Gasteiger partial charge in [0.15, 0.2) is 0 Å². The van der Waals surface area contributed by atoms with Crippen molar-refractivity contribution >= 4 is 6.47 Å². The van der Waals surface area contributed by atoms with E-state index in [9.17, 15) is 4.79 Å². The SMILES string of the molecule is CC(OC=O)C(c1ccccc1)c1cnc[nH]1. The highest BCUT2D eigenvalue weighted by Crippen LogP contribution is 2.27. The van der Waals surface area contributed by atoms with Crippen LogP contribution in [0.1, 0.15) is 24.1 Å². The molecule has 1 aromatic heterocycles. The van der Waals surface area contributed by atoms with Gasteiger partial charge in [0.1, 0.15) is 6.10 Å². The minimum Gasteiger partial charge on any atom is -0.464 e. The molecule has 0 aliphatic carbocycles. The van der Waals surface area contributed by atoms with Crippen LogP contribution in [0.2, 0.25) is 0 Å². The van der Waals surface area contributed by atoms with Crippen LogP contribution in [0.15, 0.2) is 42.9 Å². The Morgan fingerprint density at radius 3 is 2.71 bits per heavy atom. The molecule has 88 valence electrons. The molecule has 1 heterocycles. The fraction of sp³-hybridized carbons (Fsp3) is 0.231. The summed E-state index contributed by atoms with van der Waals surface area (Å²) < 4.78 is 5.05. The molecule has 0 saturated heterocycles. The molecule has 0 aliphatic rings. The molecular formula is C13H14N2O2. The molecule has 0 amide bonds. The van der Waals surface area contributed by atoms with Gasteiger partial charge in [0.2, 0.25) is 0 Å². The highest BCUT2D eigenvalue weighted by atomic mass is 16.5. The summed E-state index contributed by atoms with van der Waals surface area (Å²) in [5, 5.41) is 0. The number of nitrogens with one attached hydrogen (secondary N) is 1. The van der Waals surface area contributed by atoms with E-state index in [1.54, 1.807) is 12.5 Å². The molecule has 0 saturated carbocycles. The Morgan fingerprint density at radius 1 is 1.35 bits per heavy atom. The largest absolute Gasteiger partial charge is 0.464 e. The monoisotopic (exact) mass is 230 g/mol. The molecule has 0 bridgehead atoms. The summed E-state index contributed by atoms with van der Waals surface area (Å²) in [6, 6.07) is 9.91. The predicted octanol–water partition coefficient (Wildman–Crippen LogP) is 2.10. The summed E-state index contributed by atoms with van der Waals surface area (Å²) in [4.78, 5) is 17.6. The number of aromatic nitrogens is 2. The second kappa shape index (κ2) is 5.30. The summed E-state index contributed by atoms with van der Waals surface area (Å²) in [5.74, 6) is -0.0242. The molecule has 4 nitrogen and oxygen atoms in total. The molecule has 0 radical (unpaired) electrons. The van der Waals surface area contributed by atoms with Gasteiger partial charge in [-0.25, -0.2) is 4.98 Å². The lowest BCUT2D eigenvalue weighted by Crippen LogP contribution is -2.20. The van der Waals surface area contributed by atoms with Crippen LogP contribution in [0, 0.1) is 0 Å². The van der Waals surface area contributed by atoms with Gasteiger partial charge < -0.3 is 9.72 Å². The second-order valence-electron chi connectivity index (χ2n) is 3.83. The zero-order chi connectivity index (χ0) is 12.1. The molecule has 2 unspecified atom stereocenters. The van der Waals surface area contributed by atoms with Crippen LogP contribution in [0.5, 0.6) is 0 Å². The number of hydrogen-bond acceptors (Lipinski definition) is 3. The Bertz CT molecular complexity index is 454. The Hall–Kier alpha value is -2.10. The average Bonchev–Trinajstić information content (AvgIpc) is 2.85. The van der Waals surface area contributed by atoms with E-state index in [1.807, 2.05) is 37.3 Å². The molecule has 2 aromatic rings. The molecule has 2 rings (SSSR count). The quantitative estimate of drug-likeness (QED) is 0.800. The topological polar surface area (TPSA) is 55.0 Å². The van der Waals surface area contributed by atoms with Crippen LogP contribution < -0.4 is 0 Å². The van der Waals surface area contributed by atoms with Crippen LogP contribution >= 0.6 is 0 Å². The Labute approximate surface area is 99.7 Å². The second-order valence-corrected chi connectivity index (χ2v) is 3.83. The molecule has 1 N–H and O–H groups in total. The first-order valence-electron chi connectivity index (χ1n) is 5.45. The van der Waals surface area contributed by atoms with Crippen LogP contribution in [-0.4, -0.2) is 22.5 Å². The first-order valence-corrected chi connectivity index (χ1v) is 5.45. The predicted molar refractivity (Wildman–Crippen MR) is 63.5 cm³/mol. The third kappa shape index (κ3) is 2.53. The van der Waals surface area contributed by atoms with Crippen molar-refractivity contribution in [2.75, 3.05) is 0 Å². The minimum absolute atomic E-state index is 0.0242. The van der Waals surface area contributed by atoms with Crippen LogP contribution in [0.3, 0.4) is 0 Å². The summed E-state index contributed by atoms with van der Waals surface area (Å²) >= 11 is 0. The minimum atomic E-state index is -0.240. The summed E-state index contributed by atoms with van der Waals surface area (Å²) in [6.07, 6.45) is 3.14. The number of carbonyl (C=O) groups is 1. The van der Waals surface area contributed by atoms with Crippen molar-refractivity contribution in [1.29, 1.82) is 0 Å². The van der Waals surface area contributed by atoms with Crippen LogP contribution in [0.25, 0.3) is 0 Å². The third-order valence-corrected chi connectivity index (χ3v) is 2.75. The number of benzene rings is 1. The number of ether oxygens (including phenoxy) is 1. The van der Waals surface area contributed by atoms with Gasteiger partial charge in [-0.1, -0.05) is 30.3 Å². The molecule has 0 spiro atoms. The average molecular weight is 230 g/mol.